The minimum Gasteiger partial charge on any atom is -0.496 e. The van der Waals surface area contributed by atoms with E-state index in [1.807, 2.05) is 0 Å². The summed E-state index contributed by atoms with van der Waals surface area (Å²) in [6.07, 6.45) is 5.63. The predicted molar refractivity (Wildman–Crippen MR) is 75.3 cm³/mol. The fourth-order valence-corrected chi connectivity index (χ4v) is 2.94. The molecular formula is C16H26NO+. The first-order valence-corrected chi connectivity index (χ1v) is 7.19. The number of ether oxygens (including phenoxy) is 1. The normalized spacial score (nSPS) is 17.5. The molecule has 0 radical (unpaired) electrons. The molecule has 1 aliphatic rings. The Bertz CT molecular complexity index is 392. The Kier molecular flexibility index (Phi) is 4.65. The summed E-state index contributed by atoms with van der Waals surface area (Å²) in [6, 6.07) is 4.37. The highest BCUT2D eigenvalue weighted by Crippen LogP contribution is 2.23. The molecule has 1 aliphatic heterocycles. The van der Waals surface area contributed by atoms with Gasteiger partial charge in [0.1, 0.15) is 12.3 Å². The second kappa shape index (κ2) is 6.24. The third-order valence-corrected chi connectivity index (χ3v) is 4.32. The van der Waals surface area contributed by atoms with Crippen molar-refractivity contribution < 1.29 is 9.64 Å². The maximum absolute atomic E-state index is 5.38. The Balaban J connectivity index is 2.11. The Morgan fingerprint density at radius 1 is 1.00 bits per heavy atom. The maximum Gasteiger partial charge on any atom is 0.122 e. The first kappa shape index (κ1) is 13.4. The van der Waals surface area contributed by atoms with Gasteiger partial charge in [0.25, 0.3) is 0 Å². The largest absolute Gasteiger partial charge is 0.496 e. The zero-order valence-corrected chi connectivity index (χ0v) is 12.0. The van der Waals surface area contributed by atoms with Crippen LogP contribution in [0.15, 0.2) is 12.1 Å². The average Bonchev–Trinajstić information content (AvgIpc) is 2.64. The van der Waals surface area contributed by atoms with E-state index in [1.165, 1.54) is 62.0 Å². The molecule has 2 rings (SSSR count). The van der Waals surface area contributed by atoms with Gasteiger partial charge in [-0.05, 0) is 62.8 Å². The van der Waals surface area contributed by atoms with Crippen LogP contribution in [0.3, 0.4) is 0 Å². The topological polar surface area (TPSA) is 13.7 Å². The Hall–Kier alpha value is -1.02. The molecule has 0 saturated carbocycles. The Morgan fingerprint density at radius 3 is 2.28 bits per heavy atom. The van der Waals surface area contributed by atoms with Crippen LogP contribution in [0.5, 0.6) is 5.75 Å². The van der Waals surface area contributed by atoms with E-state index in [2.05, 4.69) is 26.0 Å². The summed E-state index contributed by atoms with van der Waals surface area (Å²) >= 11 is 0. The molecule has 1 fully saturated rings. The lowest BCUT2D eigenvalue weighted by Gasteiger charge is -2.19. The summed E-state index contributed by atoms with van der Waals surface area (Å²) in [5.41, 5.74) is 4.19. The number of hydrogen-bond donors (Lipinski definition) is 1. The lowest BCUT2D eigenvalue weighted by atomic mass is 10.0. The lowest BCUT2D eigenvalue weighted by Crippen LogP contribution is -3.10. The summed E-state index contributed by atoms with van der Waals surface area (Å²) in [6.45, 7) is 8.24. The molecule has 1 N–H and O–H groups in total. The standard InChI is InChI=1S/C16H25NO/c1-13-14(2)16(18-3)9-8-15(13)12-17-10-6-4-5-7-11-17/h8-9H,4-7,10-12H2,1-3H3/p+1. The minimum atomic E-state index is 1.02. The van der Waals surface area contributed by atoms with Crippen LogP contribution in [0.4, 0.5) is 0 Å². The van der Waals surface area contributed by atoms with Crippen LogP contribution in [0.2, 0.25) is 0 Å². The van der Waals surface area contributed by atoms with Crippen molar-refractivity contribution in [2.24, 2.45) is 0 Å². The molecule has 1 saturated heterocycles. The smallest absolute Gasteiger partial charge is 0.122 e. The summed E-state index contributed by atoms with van der Waals surface area (Å²) in [5, 5.41) is 0. The number of likely N-dealkylation sites (tertiary alicyclic amines) is 1. The molecule has 1 aromatic rings. The number of benzene rings is 1. The van der Waals surface area contributed by atoms with Gasteiger partial charge in [0.2, 0.25) is 0 Å². The molecule has 2 nitrogen and oxygen atoms in total. The van der Waals surface area contributed by atoms with E-state index in [0.717, 1.165) is 5.75 Å². The molecule has 0 aliphatic carbocycles. The van der Waals surface area contributed by atoms with E-state index in [0.29, 0.717) is 0 Å². The molecule has 0 bridgehead atoms. The van der Waals surface area contributed by atoms with Gasteiger partial charge < -0.3 is 9.64 Å². The SMILES string of the molecule is COc1ccc(C[NH+]2CCCCCC2)c(C)c1C. The Labute approximate surface area is 111 Å². The molecule has 0 aromatic heterocycles. The van der Waals surface area contributed by atoms with E-state index in [1.54, 1.807) is 12.0 Å². The van der Waals surface area contributed by atoms with E-state index in [4.69, 9.17) is 4.74 Å². The van der Waals surface area contributed by atoms with Gasteiger partial charge in [0.05, 0.1) is 20.2 Å². The molecule has 1 heterocycles. The number of hydrogen-bond acceptors (Lipinski definition) is 1. The van der Waals surface area contributed by atoms with Gasteiger partial charge in [-0.25, -0.2) is 0 Å². The zero-order valence-electron chi connectivity index (χ0n) is 12.0. The van der Waals surface area contributed by atoms with Crippen molar-refractivity contribution in [3.8, 4) is 5.75 Å². The second-order valence-electron chi connectivity index (χ2n) is 5.52. The van der Waals surface area contributed by atoms with Crippen molar-refractivity contribution in [1.82, 2.24) is 0 Å². The summed E-state index contributed by atoms with van der Waals surface area (Å²) in [4.78, 5) is 1.75. The fourth-order valence-electron chi connectivity index (χ4n) is 2.94. The van der Waals surface area contributed by atoms with Crippen LogP contribution in [0, 0.1) is 13.8 Å². The quantitative estimate of drug-likeness (QED) is 0.866. The highest BCUT2D eigenvalue weighted by molar-refractivity contribution is 5.43. The maximum atomic E-state index is 5.38. The molecular weight excluding hydrogens is 222 g/mol. The highest BCUT2D eigenvalue weighted by atomic mass is 16.5. The Morgan fingerprint density at radius 2 is 1.67 bits per heavy atom. The first-order chi connectivity index (χ1) is 8.72. The van der Waals surface area contributed by atoms with E-state index in [-0.39, 0.29) is 0 Å². The number of quaternary nitrogens is 1. The van der Waals surface area contributed by atoms with Crippen molar-refractivity contribution in [1.29, 1.82) is 0 Å². The molecule has 0 amide bonds. The highest BCUT2D eigenvalue weighted by Gasteiger charge is 2.15. The van der Waals surface area contributed by atoms with Crippen LogP contribution in [-0.2, 0) is 6.54 Å². The average molecular weight is 248 g/mol. The molecule has 100 valence electrons. The molecule has 0 unspecified atom stereocenters. The number of rotatable bonds is 3. The molecule has 0 spiro atoms. The van der Waals surface area contributed by atoms with Crippen LogP contribution in [-0.4, -0.2) is 20.2 Å². The second-order valence-corrected chi connectivity index (χ2v) is 5.52. The number of methoxy groups -OCH3 is 1. The van der Waals surface area contributed by atoms with Gasteiger partial charge in [0, 0.05) is 5.56 Å². The van der Waals surface area contributed by atoms with Crippen molar-refractivity contribution in [3.63, 3.8) is 0 Å². The number of nitrogens with one attached hydrogen (secondary N) is 1. The van der Waals surface area contributed by atoms with E-state index < -0.39 is 0 Å². The van der Waals surface area contributed by atoms with Gasteiger partial charge in [-0.3, -0.25) is 0 Å². The van der Waals surface area contributed by atoms with Gasteiger partial charge >= 0.3 is 0 Å². The van der Waals surface area contributed by atoms with Crippen molar-refractivity contribution in [2.45, 2.75) is 46.1 Å². The van der Waals surface area contributed by atoms with E-state index in [9.17, 15) is 0 Å². The fraction of sp³-hybridized carbons (Fsp3) is 0.625. The van der Waals surface area contributed by atoms with E-state index >= 15 is 0 Å². The van der Waals surface area contributed by atoms with Crippen molar-refractivity contribution in [3.05, 3.63) is 28.8 Å². The lowest BCUT2D eigenvalue weighted by molar-refractivity contribution is -0.913. The first-order valence-electron chi connectivity index (χ1n) is 7.19. The molecule has 0 atom stereocenters. The minimum absolute atomic E-state index is 1.02. The molecule has 18 heavy (non-hydrogen) atoms. The monoisotopic (exact) mass is 248 g/mol. The summed E-state index contributed by atoms with van der Waals surface area (Å²) in [5.74, 6) is 1.02. The predicted octanol–water partition coefficient (Wildman–Crippen LogP) is 2.27. The van der Waals surface area contributed by atoms with Crippen LogP contribution >= 0.6 is 0 Å². The van der Waals surface area contributed by atoms with Crippen LogP contribution in [0.25, 0.3) is 0 Å². The summed E-state index contributed by atoms with van der Waals surface area (Å²) < 4.78 is 5.38. The molecule has 2 heteroatoms. The third-order valence-electron chi connectivity index (χ3n) is 4.32. The van der Waals surface area contributed by atoms with Crippen molar-refractivity contribution >= 4 is 0 Å². The van der Waals surface area contributed by atoms with Gasteiger partial charge in [-0.1, -0.05) is 0 Å². The van der Waals surface area contributed by atoms with Crippen LogP contribution < -0.4 is 9.64 Å². The molecule has 1 aromatic carbocycles. The zero-order chi connectivity index (χ0) is 13.0. The van der Waals surface area contributed by atoms with Gasteiger partial charge in [-0.2, -0.15) is 0 Å². The third kappa shape index (κ3) is 3.05. The van der Waals surface area contributed by atoms with Crippen molar-refractivity contribution in [2.75, 3.05) is 20.2 Å². The summed E-state index contributed by atoms with van der Waals surface area (Å²) in [7, 11) is 1.75. The van der Waals surface area contributed by atoms with Crippen LogP contribution in [0.1, 0.15) is 42.4 Å². The van der Waals surface area contributed by atoms with Gasteiger partial charge in [0.15, 0.2) is 0 Å². The van der Waals surface area contributed by atoms with Gasteiger partial charge in [-0.15, -0.1) is 0 Å².